The van der Waals surface area contributed by atoms with E-state index >= 15 is 0 Å². The van der Waals surface area contributed by atoms with Gasteiger partial charge in [-0.15, -0.1) is 0 Å². The molecule has 0 aliphatic heterocycles. The predicted octanol–water partition coefficient (Wildman–Crippen LogP) is 19.8. The summed E-state index contributed by atoms with van der Waals surface area (Å²) in [6, 6.07) is -0.540. The molecule has 0 bridgehead atoms. The second-order valence-corrected chi connectivity index (χ2v) is 21.7. The number of carbonyl (C=O) groups is 2. The number of unbranched alkanes of at least 4 members (excludes halogenated alkanes) is 44. The molecule has 0 radical (unpaired) electrons. The van der Waals surface area contributed by atoms with Gasteiger partial charge in [-0.1, -0.05) is 301 Å². The topological polar surface area (TPSA) is 95.9 Å². The summed E-state index contributed by atoms with van der Waals surface area (Å²) in [6.45, 7) is 4.95. The van der Waals surface area contributed by atoms with Gasteiger partial charge in [-0.05, 0) is 57.8 Å². The molecule has 0 saturated heterocycles. The molecular formula is C64H123NO5. The van der Waals surface area contributed by atoms with E-state index in [2.05, 4.69) is 43.5 Å². The van der Waals surface area contributed by atoms with E-state index in [0.717, 1.165) is 51.4 Å². The lowest BCUT2D eigenvalue weighted by molar-refractivity contribution is -0.143. The van der Waals surface area contributed by atoms with Crippen LogP contribution in [0.3, 0.4) is 0 Å². The van der Waals surface area contributed by atoms with Crippen molar-refractivity contribution in [2.45, 2.75) is 360 Å². The highest BCUT2D eigenvalue weighted by Crippen LogP contribution is 2.18. The molecule has 0 aromatic heterocycles. The predicted molar refractivity (Wildman–Crippen MR) is 306 cm³/mol. The molecule has 0 aromatic carbocycles. The van der Waals surface area contributed by atoms with Crippen LogP contribution in [0.4, 0.5) is 0 Å². The molecule has 2 atom stereocenters. The van der Waals surface area contributed by atoms with E-state index in [1.807, 2.05) is 0 Å². The standard InChI is InChI=1S/C64H123NO5/c1-3-5-7-9-11-13-15-17-18-30-34-38-42-46-50-54-58-64(69)70-59-55-51-47-43-39-35-31-28-26-24-22-20-19-21-23-25-27-29-33-37-41-45-49-53-57-63(68)65-61(60-66)62(67)56-52-48-44-40-36-32-16-14-12-10-8-6-4-2/h13,15,18,30,61-62,66-67H,3-12,14,16-17,19-29,31-60H2,1-2H3,(H,65,68)/b15-13-,30-18-. The molecule has 2 unspecified atom stereocenters. The van der Waals surface area contributed by atoms with E-state index in [9.17, 15) is 19.8 Å². The Kier molecular flexibility index (Phi) is 58.5. The molecule has 0 saturated carbocycles. The molecule has 0 fully saturated rings. The highest BCUT2D eigenvalue weighted by Gasteiger charge is 2.20. The second kappa shape index (κ2) is 59.9. The number of aliphatic hydroxyl groups excluding tert-OH is 2. The Labute approximate surface area is 437 Å². The molecule has 0 aliphatic rings. The monoisotopic (exact) mass is 986 g/mol. The van der Waals surface area contributed by atoms with Gasteiger partial charge in [0.05, 0.1) is 25.4 Å². The van der Waals surface area contributed by atoms with Crippen LogP contribution in [0.15, 0.2) is 24.3 Å². The first-order valence-corrected chi connectivity index (χ1v) is 31.6. The molecule has 0 heterocycles. The third kappa shape index (κ3) is 55.7. The highest BCUT2D eigenvalue weighted by atomic mass is 16.5. The van der Waals surface area contributed by atoms with Crippen molar-refractivity contribution >= 4 is 11.9 Å². The van der Waals surface area contributed by atoms with Gasteiger partial charge >= 0.3 is 5.97 Å². The summed E-state index contributed by atoms with van der Waals surface area (Å²) >= 11 is 0. The van der Waals surface area contributed by atoms with Gasteiger partial charge in [0.15, 0.2) is 0 Å². The molecule has 0 spiro atoms. The number of aliphatic hydroxyl groups is 2. The first-order chi connectivity index (χ1) is 34.5. The first-order valence-electron chi connectivity index (χ1n) is 31.6. The zero-order valence-electron chi connectivity index (χ0n) is 47.3. The Bertz CT molecular complexity index is 1090. The summed E-state index contributed by atoms with van der Waals surface area (Å²) in [5.41, 5.74) is 0. The van der Waals surface area contributed by atoms with Crippen molar-refractivity contribution in [1.29, 1.82) is 0 Å². The number of rotatable bonds is 59. The maximum atomic E-state index is 12.5. The zero-order valence-corrected chi connectivity index (χ0v) is 47.3. The Balaban J connectivity index is 3.35. The smallest absolute Gasteiger partial charge is 0.305 e. The van der Waals surface area contributed by atoms with E-state index < -0.39 is 12.1 Å². The average molecular weight is 987 g/mol. The number of allylic oxidation sites excluding steroid dienone is 4. The lowest BCUT2D eigenvalue weighted by Gasteiger charge is -2.22. The van der Waals surface area contributed by atoms with Gasteiger partial charge in [0.1, 0.15) is 0 Å². The van der Waals surface area contributed by atoms with Gasteiger partial charge in [0.2, 0.25) is 5.91 Å². The fraction of sp³-hybridized carbons (Fsp3) is 0.906. The molecule has 0 aliphatic carbocycles. The zero-order chi connectivity index (χ0) is 50.7. The Morgan fingerprint density at radius 3 is 1.10 bits per heavy atom. The van der Waals surface area contributed by atoms with Gasteiger partial charge in [0, 0.05) is 12.8 Å². The van der Waals surface area contributed by atoms with E-state index in [1.54, 1.807) is 0 Å². The minimum atomic E-state index is -0.662. The van der Waals surface area contributed by atoms with Crippen LogP contribution in [0.2, 0.25) is 0 Å². The van der Waals surface area contributed by atoms with Crippen LogP contribution >= 0.6 is 0 Å². The van der Waals surface area contributed by atoms with Crippen molar-refractivity contribution in [3.05, 3.63) is 24.3 Å². The van der Waals surface area contributed by atoms with Crippen LogP contribution in [0.25, 0.3) is 0 Å². The number of nitrogens with one attached hydrogen (secondary N) is 1. The average Bonchev–Trinajstić information content (AvgIpc) is 3.36. The van der Waals surface area contributed by atoms with Crippen molar-refractivity contribution in [3.8, 4) is 0 Å². The minimum absolute atomic E-state index is 0.00235. The number of amides is 1. The number of hydrogen-bond donors (Lipinski definition) is 3. The summed E-state index contributed by atoms with van der Waals surface area (Å²) in [6.07, 6.45) is 73.3. The van der Waals surface area contributed by atoms with Crippen LogP contribution in [0.1, 0.15) is 348 Å². The number of ether oxygens (including phenoxy) is 1. The SMILES string of the molecule is CCCCCC/C=C\C/C=C\CCCCCCCC(=O)OCCCCCCCCCCCCCCCCCCCCCCCCCCC(=O)NC(CO)C(O)CCCCCCCCCCCCCCC. The lowest BCUT2D eigenvalue weighted by atomic mass is 10.0. The third-order valence-electron chi connectivity index (χ3n) is 14.8. The molecule has 70 heavy (non-hydrogen) atoms. The molecular weight excluding hydrogens is 863 g/mol. The molecule has 0 rings (SSSR count). The summed E-state index contributed by atoms with van der Waals surface area (Å²) in [5, 5.41) is 23.3. The van der Waals surface area contributed by atoms with Crippen LogP contribution in [0.5, 0.6) is 0 Å². The van der Waals surface area contributed by atoms with Crippen LogP contribution in [-0.2, 0) is 14.3 Å². The van der Waals surface area contributed by atoms with Gasteiger partial charge in [-0.3, -0.25) is 9.59 Å². The van der Waals surface area contributed by atoms with E-state index in [-0.39, 0.29) is 18.5 Å². The second-order valence-electron chi connectivity index (χ2n) is 21.7. The molecule has 0 aromatic rings. The summed E-state index contributed by atoms with van der Waals surface area (Å²) < 4.78 is 5.48. The molecule has 1 amide bonds. The van der Waals surface area contributed by atoms with Crippen LogP contribution < -0.4 is 5.32 Å². The first kappa shape index (κ1) is 68.3. The van der Waals surface area contributed by atoms with Crippen molar-refractivity contribution < 1.29 is 24.5 Å². The quantitative estimate of drug-likeness (QED) is 0.0321. The summed E-state index contributed by atoms with van der Waals surface area (Å²) in [7, 11) is 0. The fourth-order valence-electron chi connectivity index (χ4n) is 9.91. The minimum Gasteiger partial charge on any atom is -0.466 e. The maximum Gasteiger partial charge on any atom is 0.305 e. The van der Waals surface area contributed by atoms with Crippen molar-refractivity contribution in [3.63, 3.8) is 0 Å². The lowest BCUT2D eigenvalue weighted by Crippen LogP contribution is -2.45. The normalized spacial score (nSPS) is 12.7. The van der Waals surface area contributed by atoms with E-state index in [4.69, 9.17) is 4.74 Å². The Morgan fingerprint density at radius 1 is 0.400 bits per heavy atom. The molecule has 6 nitrogen and oxygen atoms in total. The third-order valence-corrected chi connectivity index (χ3v) is 14.8. The Hall–Kier alpha value is -1.66. The van der Waals surface area contributed by atoms with Gasteiger partial charge in [-0.25, -0.2) is 0 Å². The van der Waals surface area contributed by atoms with Gasteiger partial charge in [-0.2, -0.15) is 0 Å². The van der Waals surface area contributed by atoms with Crippen LogP contribution in [0, 0.1) is 0 Å². The van der Waals surface area contributed by atoms with E-state index in [1.165, 1.54) is 263 Å². The molecule has 6 heteroatoms. The number of carbonyl (C=O) groups excluding carboxylic acids is 2. The molecule has 414 valence electrons. The fourth-order valence-corrected chi connectivity index (χ4v) is 9.91. The van der Waals surface area contributed by atoms with Crippen LogP contribution in [-0.4, -0.2) is 47.4 Å². The number of hydrogen-bond acceptors (Lipinski definition) is 5. The van der Waals surface area contributed by atoms with Crippen molar-refractivity contribution in [2.75, 3.05) is 13.2 Å². The van der Waals surface area contributed by atoms with Gasteiger partial charge in [0.25, 0.3) is 0 Å². The van der Waals surface area contributed by atoms with E-state index in [0.29, 0.717) is 25.9 Å². The maximum absolute atomic E-state index is 12.5. The van der Waals surface area contributed by atoms with Crippen molar-refractivity contribution in [1.82, 2.24) is 5.32 Å². The van der Waals surface area contributed by atoms with Crippen molar-refractivity contribution in [2.24, 2.45) is 0 Å². The molecule has 3 N–H and O–H groups in total. The largest absolute Gasteiger partial charge is 0.466 e. The highest BCUT2D eigenvalue weighted by molar-refractivity contribution is 5.76. The summed E-state index contributed by atoms with van der Waals surface area (Å²) in [5.74, 6) is -0.0303. The summed E-state index contributed by atoms with van der Waals surface area (Å²) in [4.78, 5) is 24.5. The Morgan fingerprint density at radius 2 is 0.714 bits per heavy atom. The number of esters is 1. The van der Waals surface area contributed by atoms with Gasteiger partial charge < -0.3 is 20.3 Å².